The fourth-order valence-corrected chi connectivity index (χ4v) is 2.78. The Bertz CT molecular complexity index is 357. The summed E-state index contributed by atoms with van der Waals surface area (Å²) in [5, 5.41) is 3.08. The summed E-state index contributed by atoms with van der Waals surface area (Å²) in [4.78, 5) is 4.17. The number of pyridine rings is 1. The predicted octanol–water partition coefficient (Wildman–Crippen LogP) is 3.33. The maximum atomic E-state index is 6.04. The highest BCUT2D eigenvalue weighted by Crippen LogP contribution is 2.31. The first-order valence-corrected chi connectivity index (χ1v) is 6.47. The predicted molar refractivity (Wildman–Crippen MR) is 70.4 cm³/mol. The average Bonchev–Trinajstić information content (AvgIpc) is 2.28. The third kappa shape index (κ3) is 3.35. The van der Waals surface area contributed by atoms with Crippen molar-refractivity contribution in [3.63, 3.8) is 0 Å². The van der Waals surface area contributed by atoms with Crippen molar-refractivity contribution < 1.29 is 4.74 Å². The van der Waals surface area contributed by atoms with E-state index in [9.17, 15) is 0 Å². The molecule has 2 rings (SSSR count). The Morgan fingerprint density at radius 1 is 1.18 bits per heavy atom. The molecule has 0 saturated heterocycles. The summed E-state index contributed by atoms with van der Waals surface area (Å²) in [6.45, 7) is 4.63. The molecule has 1 aromatic rings. The molecular weight excluding hydrogens is 212 g/mol. The van der Waals surface area contributed by atoms with E-state index in [2.05, 4.69) is 24.1 Å². The van der Waals surface area contributed by atoms with E-state index in [0.717, 1.165) is 36.1 Å². The van der Waals surface area contributed by atoms with Gasteiger partial charge in [0.15, 0.2) is 0 Å². The van der Waals surface area contributed by atoms with E-state index in [0.29, 0.717) is 6.10 Å². The van der Waals surface area contributed by atoms with Crippen LogP contribution in [0.15, 0.2) is 18.5 Å². The first-order chi connectivity index (χ1) is 8.17. The third-order valence-corrected chi connectivity index (χ3v) is 3.44. The molecule has 0 bridgehead atoms. The summed E-state index contributed by atoms with van der Waals surface area (Å²) in [6.07, 6.45) is 7.60. The Kier molecular flexibility index (Phi) is 3.87. The van der Waals surface area contributed by atoms with Gasteiger partial charge < -0.3 is 10.1 Å². The SMILES string of the molecule is CNc1cncc(OC2CC(C)CC(C)C2)c1. The standard InChI is InChI=1S/C14H22N2O/c1-10-4-11(2)6-13(5-10)17-14-7-12(15-3)8-16-9-14/h7-11,13,15H,4-6H2,1-3H3. The van der Waals surface area contributed by atoms with Crippen LogP contribution in [0.3, 0.4) is 0 Å². The number of aromatic nitrogens is 1. The first-order valence-electron chi connectivity index (χ1n) is 6.47. The number of nitrogens with one attached hydrogen (secondary N) is 1. The number of hydrogen-bond donors (Lipinski definition) is 1. The van der Waals surface area contributed by atoms with Crippen LogP contribution >= 0.6 is 0 Å². The van der Waals surface area contributed by atoms with E-state index < -0.39 is 0 Å². The summed E-state index contributed by atoms with van der Waals surface area (Å²) in [5.74, 6) is 2.41. The van der Waals surface area contributed by atoms with Crippen LogP contribution in [0.5, 0.6) is 5.75 Å². The molecule has 0 radical (unpaired) electrons. The highest BCUT2D eigenvalue weighted by molar-refractivity contribution is 5.44. The molecule has 0 amide bonds. The Hall–Kier alpha value is -1.25. The molecule has 1 heterocycles. The van der Waals surface area contributed by atoms with Crippen LogP contribution in [0.2, 0.25) is 0 Å². The molecule has 0 spiro atoms. The Morgan fingerprint density at radius 3 is 2.53 bits per heavy atom. The van der Waals surface area contributed by atoms with E-state index in [1.807, 2.05) is 13.1 Å². The van der Waals surface area contributed by atoms with Crippen molar-refractivity contribution in [1.82, 2.24) is 4.98 Å². The molecule has 1 fully saturated rings. The maximum Gasteiger partial charge on any atom is 0.140 e. The van der Waals surface area contributed by atoms with E-state index in [-0.39, 0.29) is 0 Å². The smallest absolute Gasteiger partial charge is 0.140 e. The lowest BCUT2D eigenvalue weighted by molar-refractivity contribution is 0.101. The zero-order valence-corrected chi connectivity index (χ0v) is 10.9. The minimum atomic E-state index is 0.350. The normalized spacial score (nSPS) is 28.8. The van der Waals surface area contributed by atoms with E-state index in [4.69, 9.17) is 4.74 Å². The van der Waals surface area contributed by atoms with Gasteiger partial charge in [0.05, 0.1) is 24.2 Å². The number of rotatable bonds is 3. The van der Waals surface area contributed by atoms with Crippen LogP contribution in [0.1, 0.15) is 33.1 Å². The summed E-state index contributed by atoms with van der Waals surface area (Å²) >= 11 is 0. The van der Waals surface area contributed by atoms with Gasteiger partial charge in [-0.15, -0.1) is 0 Å². The van der Waals surface area contributed by atoms with Crippen molar-refractivity contribution in [1.29, 1.82) is 0 Å². The van der Waals surface area contributed by atoms with E-state index in [1.54, 1.807) is 12.4 Å². The fourth-order valence-electron chi connectivity index (χ4n) is 2.78. The molecule has 1 aliphatic carbocycles. The first kappa shape index (κ1) is 12.2. The van der Waals surface area contributed by atoms with Gasteiger partial charge in [0.2, 0.25) is 0 Å². The molecule has 3 heteroatoms. The molecule has 2 atom stereocenters. The number of anilines is 1. The van der Waals surface area contributed by atoms with Crippen LogP contribution in [0.4, 0.5) is 5.69 Å². The summed E-state index contributed by atoms with van der Waals surface area (Å²) in [5.41, 5.74) is 0.999. The average molecular weight is 234 g/mol. The number of nitrogens with zero attached hydrogens (tertiary/aromatic N) is 1. The van der Waals surface area contributed by atoms with Gasteiger partial charge >= 0.3 is 0 Å². The zero-order valence-electron chi connectivity index (χ0n) is 10.9. The minimum Gasteiger partial charge on any atom is -0.489 e. The lowest BCUT2D eigenvalue weighted by Gasteiger charge is -2.31. The molecule has 1 aromatic heterocycles. The molecule has 3 nitrogen and oxygen atoms in total. The van der Waals surface area contributed by atoms with Crippen molar-refractivity contribution in [2.45, 2.75) is 39.2 Å². The molecule has 1 aliphatic rings. The van der Waals surface area contributed by atoms with Crippen molar-refractivity contribution >= 4 is 5.69 Å². The summed E-state index contributed by atoms with van der Waals surface area (Å²) in [6, 6.07) is 2.01. The lowest BCUT2D eigenvalue weighted by atomic mass is 9.82. The Labute approximate surface area is 104 Å². The molecule has 1 N–H and O–H groups in total. The number of hydrogen-bond acceptors (Lipinski definition) is 3. The summed E-state index contributed by atoms with van der Waals surface area (Å²) in [7, 11) is 1.89. The van der Waals surface area contributed by atoms with Gasteiger partial charge in [0.25, 0.3) is 0 Å². The van der Waals surface area contributed by atoms with Crippen molar-refractivity contribution in [2.75, 3.05) is 12.4 Å². The van der Waals surface area contributed by atoms with Crippen LogP contribution in [0.25, 0.3) is 0 Å². The third-order valence-electron chi connectivity index (χ3n) is 3.44. The van der Waals surface area contributed by atoms with Crippen molar-refractivity contribution in [3.05, 3.63) is 18.5 Å². The minimum absolute atomic E-state index is 0.350. The van der Waals surface area contributed by atoms with Crippen LogP contribution in [-0.2, 0) is 0 Å². The number of ether oxygens (including phenoxy) is 1. The quantitative estimate of drug-likeness (QED) is 0.871. The topological polar surface area (TPSA) is 34.2 Å². The Balaban J connectivity index is 1.99. The van der Waals surface area contributed by atoms with Gasteiger partial charge in [-0.3, -0.25) is 4.98 Å². The summed E-state index contributed by atoms with van der Waals surface area (Å²) < 4.78 is 6.04. The van der Waals surface area contributed by atoms with Crippen molar-refractivity contribution in [3.8, 4) is 5.75 Å². The second kappa shape index (κ2) is 5.39. The van der Waals surface area contributed by atoms with Gasteiger partial charge in [-0.05, 0) is 31.1 Å². The highest BCUT2D eigenvalue weighted by Gasteiger charge is 2.25. The van der Waals surface area contributed by atoms with Gasteiger partial charge in [-0.25, -0.2) is 0 Å². The van der Waals surface area contributed by atoms with Gasteiger partial charge in [0, 0.05) is 13.1 Å². The van der Waals surface area contributed by atoms with Gasteiger partial charge in [-0.2, -0.15) is 0 Å². The van der Waals surface area contributed by atoms with Gasteiger partial charge in [-0.1, -0.05) is 13.8 Å². The highest BCUT2D eigenvalue weighted by atomic mass is 16.5. The van der Waals surface area contributed by atoms with Crippen molar-refractivity contribution in [2.24, 2.45) is 11.8 Å². The molecule has 1 saturated carbocycles. The Morgan fingerprint density at radius 2 is 1.88 bits per heavy atom. The fraction of sp³-hybridized carbons (Fsp3) is 0.643. The molecule has 2 unspecified atom stereocenters. The molecule has 94 valence electrons. The zero-order chi connectivity index (χ0) is 12.3. The lowest BCUT2D eigenvalue weighted by Crippen LogP contribution is -2.28. The maximum absolute atomic E-state index is 6.04. The second-order valence-electron chi connectivity index (χ2n) is 5.32. The van der Waals surface area contributed by atoms with Crippen LogP contribution in [-0.4, -0.2) is 18.1 Å². The van der Waals surface area contributed by atoms with Crippen LogP contribution in [0, 0.1) is 11.8 Å². The molecular formula is C14H22N2O. The van der Waals surface area contributed by atoms with E-state index >= 15 is 0 Å². The largest absolute Gasteiger partial charge is 0.489 e. The van der Waals surface area contributed by atoms with Gasteiger partial charge in [0.1, 0.15) is 5.75 Å². The van der Waals surface area contributed by atoms with E-state index in [1.165, 1.54) is 6.42 Å². The van der Waals surface area contributed by atoms with Crippen LogP contribution < -0.4 is 10.1 Å². The monoisotopic (exact) mass is 234 g/mol. The molecule has 0 aromatic carbocycles. The second-order valence-corrected chi connectivity index (χ2v) is 5.32. The molecule has 17 heavy (non-hydrogen) atoms. The molecule has 0 aliphatic heterocycles.